The van der Waals surface area contributed by atoms with Crippen molar-refractivity contribution in [3.63, 3.8) is 0 Å². The van der Waals surface area contributed by atoms with Crippen LogP contribution >= 0.6 is 0 Å². The minimum absolute atomic E-state index is 0.0699. The molecule has 1 N–H and O–H groups in total. The highest BCUT2D eigenvalue weighted by Gasteiger charge is 2.39. The minimum Gasteiger partial charge on any atom is -0.385 e. The van der Waals surface area contributed by atoms with Crippen molar-refractivity contribution in [1.29, 1.82) is 0 Å². The Bertz CT molecular complexity index is 658. The summed E-state index contributed by atoms with van der Waals surface area (Å²) in [7, 11) is 1.97. The van der Waals surface area contributed by atoms with E-state index < -0.39 is 5.60 Å². The van der Waals surface area contributed by atoms with Crippen LogP contribution < -0.4 is 0 Å². The zero-order chi connectivity index (χ0) is 15.7. The third kappa shape index (κ3) is 2.89. The number of likely N-dealkylation sites (tertiary alicyclic amines) is 1. The van der Waals surface area contributed by atoms with Crippen LogP contribution in [0.3, 0.4) is 0 Å². The number of halogens is 2. The van der Waals surface area contributed by atoms with Gasteiger partial charge in [0.2, 0.25) is 0 Å². The molecule has 0 unspecified atom stereocenters. The summed E-state index contributed by atoms with van der Waals surface area (Å²) in [5.41, 5.74) is 0.545. The molecule has 0 saturated carbocycles. The van der Waals surface area contributed by atoms with Crippen molar-refractivity contribution in [2.45, 2.75) is 24.5 Å². The average molecular weight is 303 g/mol. The van der Waals surface area contributed by atoms with Crippen LogP contribution in [-0.2, 0) is 5.60 Å². The molecule has 4 heteroatoms. The molecule has 22 heavy (non-hydrogen) atoms. The van der Waals surface area contributed by atoms with E-state index in [1.54, 1.807) is 18.2 Å². The van der Waals surface area contributed by atoms with E-state index in [2.05, 4.69) is 4.90 Å². The van der Waals surface area contributed by atoms with Crippen molar-refractivity contribution in [2.24, 2.45) is 0 Å². The third-order valence-corrected chi connectivity index (χ3v) is 4.56. The molecule has 0 bridgehead atoms. The molecule has 1 aliphatic rings. The first-order chi connectivity index (χ1) is 10.5. The standard InChI is InChI=1S/C18H19F2NO/c1-21-10-9-18(22,14-5-7-15(19)8-6-14)12-17(21)13-3-2-4-16(20)11-13/h2-8,11,17,22H,9-10,12H2,1H3/t17-,18-/m0/s1. The smallest absolute Gasteiger partial charge is 0.123 e. The molecule has 1 aliphatic heterocycles. The zero-order valence-electron chi connectivity index (χ0n) is 12.5. The highest BCUT2D eigenvalue weighted by molar-refractivity contribution is 5.27. The fourth-order valence-electron chi connectivity index (χ4n) is 3.20. The Hall–Kier alpha value is -1.78. The molecule has 116 valence electrons. The second-order valence-corrected chi connectivity index (χ2v) is 6.04. The van der Waals surface area contributed by atoms with Gasteiger partial charge in [0.15, 0.2) is 0 Å². The van der Waals surface area contributed by atoms with Gasteiger partial charge in [-0.1, -0.05) is 24.3 Å². The maximum Gasteiger partial charge on any atom is 0.123 e. The van der Waals surface area contributed by atoms with E-state index in [1.165, 1.54) is 24.3 Å². The summed E-state index contributed by atoms with van der Waals surface area (Å²) in [5, 5.41) is 11.0. The first-order valence-corrected chi connectivity index (χ1v) is 7.42. The summed E-state index contributed by atoms with van der Waals surface area (Å²) in [5.74, 6) is -0.594. The monoisotopic (exact) mass is 303 g/mol. The molecule has 2 aromatic rings. The average Bonchev–Trinajstić information content (AvgIpc) is 2.50. The van der Waals surface area contributed by atoms with Crippen LogP contribution in [0.15, 0.2) is 48.5 Å². The van der Waals surface area contributed by atoms with Crippen molar-refractivity contribution in [3.05, 3.63) is 71.3 Å². The van der Waals surface area contributed by atoms with Gasteiger partial charge in [-0.25, -0.2) is 8.78 Å². The van der Waals surface area contributed by atoms with Crippen LogP contribution in [0.2, 0.25) is 0 Å². The van der Waals surface area contributed by atoms with Crippen LogP contribution in [0.4, 0.5) is 8.78 Å². The molecule has 0 aromatic heterocycles. The zero-order valence-corrected chi connectivity index (χ0v) is 12.5. The van der Waals surface area contributed by atoms with E-state index in [4.69, 9.17) is 0 Å². The van der Waals surface area contributed by atoms with Gasteiger partial charge in [0.25, 0.3) is 0 Å². The molecule has 3 rings (SSSR count). The molecule has 0 radical (unpaired) electrons. The molecule has 0 aliphatic carbocycles. The number of aliphatic hydroxyl groups is 1. The highest BCUT2D eigenvalue weighted by atomic mass is 19.1. The molecule has 2 atom stereocenters. The van der Waals surface area contributed by atoms with E-state index in [-0.39, 0.29) is 17.7 Å². The lowest BCUT2D eigenvalue weighted by atomic mass is 9.79. The maximum absolute atomic E-state index is 13.5. The quantitative estimate of drug-likeness (QED) is 0.916. The summed E-state index contributed by atoms with van der Waals surface area (Å²) in [6.45, 7) is 0.690. The number of rotatable bonds is 2. The first-order valence-electron chi connectivity index (χ1n) is 7.42. The van der Waals surface area contributed by atoms with E-state index in [0.717, 1.165) is 5.56 Å². The van der Waals surface area contributed by atoms with Crippen molar-refractivity contribution < 1.29 is 13.9 Å². The molecular weight excluding hydrogens is 284 g/mol. The summed E-state index contributed by atoms with van der Waals surface area (Å²) in [6, 6.07) is 12.4. The predicted octanol–water partition coefficient (Wildman–Crippen LogP) is 3.62. The molecule has 0 spiro atoms. The topological polar surface area (TPSA) is 23.5 Å². The summed E-state index contributed by atoms with van der Waals surface area (Å²) in [6.07, 6.45) is 1.03. The Morgan fingerprint density at radius 3 is 2.50 bits per heavy atom. The van der Waals surface area contributed by atoms with Gasteiger partial charge in [0.05, 0.1) is 5.60 Å². The maximum atomic E-state index is 13.5. The van der Waals surface area contributed by atoms with Gasteiger partial charge in [-0.05, 0) is 48.9 Å². The van der Waals surface area contributed by atoms with E-state index in [1.807, 2.05) is 13.1 Å². The molecule has 2 aromatic carbocycles. The van der Waals surface area contributed by atoms with Gasteiger partial charge < -0.3 is 5.11 Å². The Morgan fingerprint density at radius 1 is 1.09 bits per heavy atom. The van der Waals surface area contributed by atoms with Crippen LogP contribution in [0.25, 0.3) is 0 Å². The van der Waals surface area contributed by atoms with Gasteiger partial charge in [0, 0.05) is 19.0 Å². The Balaban J connectivity index is 1.91. The molecule has 1 saturated heterocycles. The molecule has 2 nitrogen and oxygen atoms in total. The van der Waals surface area contributed by atoms with Crippen LogP contribution in [0, 0.1) is 11.6 Å². The molecule has 0 amide bonds. The lowest BCUT2D eigenvalue weighted by molar-refractivity contribution is -0.0459. The number of benzene rings is 2. The van der Waals surface area contributed by atoms with Gasteiger partial charge in [-0.15, -0.1) is 0 Å². The van der Waals surface area contributed by atoms with E-state index in [9.17, 15) is 13.9 Å². The fraction of sp³-hybridized carbons (Fsp3) is 0.333. The molecular formula is C18H19F2NO. The Kier molecular flexibility index (Phi) is 3.98. The Morgan fingerprint density at radius 2 is 1.82 bits per heavy atom. The predicted molar refractivity (Wildman–Crippen MR) is 81.3 cm³/mol. The first kappa shape index (κ1) is 15.1. The second kappa shape index (κ2) is 5.78. The van der Waals surface area contributed by atoms with Crippen LogP contribution in [0.1, 0.15) is 30.0 Å². The molecule has 1 fully saturated rings. The van der Waals surface area contributed by atoms with Gasteiger partial charge >= 0.3 is 0 Å². The largest absolute Gasteiger partial charge is 0.385 e. The van der Waals surface area contributed by atoms with Gasteiger partial charge in [-0.3, -0.25) is 4.90 Å². The number of hydrogen-bond acceptors (Lipinski definition) is 2. The number of piperidine rings is 1. The highest BCUT2D eigenvalue weighted by Crippen LogP contribution is 2.41. The lowest BCUT2D eigenvalue weighted by Gasteiger charge is -2.43. The summed E-state index contributed by atoms with van der Waals surface area (Å²) in [4.78, 5) is 2.12. The lowest BCUT2D eigenvalue weighted by Crippen LogP contribution is -2.42. The van der Waals surface area contributed by atoms with Crippen molar-refractivity contribution in [3.8, 4) is 0 Å². The minimum atomic E-state index is -1.02. The van der Waals surface area contributed by atoms with Crippen LogP contribution in [0.5, 0.6) is 0 Å². The number of nitrogens with zero attached hydrogens (tertiary/aromatic N) is 1. The van der Waals surface area contributed by atoms with Crippen molar-refractivity contribution >= 4 is 0 Å². The summed E-state index contributed by atoms with van der Waals surface area (Å²) >= 11 is 0. The number of hydrogen-bond donors (Lipinski definition) is 1. The SMILES string of the molecule is CN1CC[C@@](O)(c2ccc(F)cc2)C[C@H]1c1cccc(F)c1. The van der Waals surface area contributed by atoms with Gasteiger partial charge in [-0.2, -0.15) is 0 Å². The molecule has 1 heterocycles. The Labute approximate surface area is 129 Å². The summed E-state index contributed by atoms with van der Waals surface area (Å²) < 4.78 is 26.6. The van der Waals surface area contributed by atoms with E-state index >= 15 is 0 Å². The second-order valence-electron chi connectivity index (χ2n) is 6.04. The third-order valence-electron chi connectivity index (χ3n) is 4.56. The van der Waals surface area contributed by atoms with Crippen LogP contribution in [-0.4, -0.2) is 23.6 Å². The van der Waals surface area contributed by atoms with Crippen molar-refractivity contribution in [1.82, 2.24) is 4.90 Å². The van der Waals surface area contributed by atoms with E-state index in [0.29, 0.717) is 24.9 Å². The fourth-order valence-corrected chi connectivity index (χ4v) is 3.20. The van der Waals surface area contributed by atoms with Gasteiger partial charge in [0.1, 0.15) is 11.6 Å². The van der Waals surface area contributed by atoms with Crippen molar-refractivity contribution in [2.75, 3.05) is 13.6 Å². The normalized spacial score (nSPS) is 26.1.